The number of ether oxygens (including phenoxy) is 1. The number of rotatable bonds is 0. The van der Waals surface area contributed by atoms with E-state index in [0.717, 1.165) is 16.5 Å². The molecule has 0 spiro atoms. The molecule has 0 amide bonds. The number of hydrogen-bond acceptors (Lipinski definition) is 3. The number of nitrogens with two attached hydrogens (primary N) is 1. The molecular formula is C10H10BrClN2O. The Balaban J connectivity index is 0.00000112. The van der Waals surface area contributed by atoms with Gasteiger partial charge in [0.1, 0.15) is 11.8 Å². The molecule has 0 unspecified atom stereocenters. The van der Waals surface area contributed by atoms with E-state index in [2.05, 4.69) is 22.0 Å². The maximum absolute atomic E-state index is 8.88. The zero-order valence-corrected chi connectivity index (χ0v) is 10.3. The van der Waals surface area contributed by atoms with Crippen molar-refractivity contribution in [1.82, 2.24) is 0 Å². The lowest BCUT2D eigenvalue weighted by Gasteiger charge is -2.24. The first-order valence-corrected chi connectivity index (χ1v) is 5.14. The molecule has 0 saturated heterocycles. The Morgan fingerprint density at radius 2 is 2.27 bits per heavy atom. The maximum Gasteiger partial charge on any atom is 0.142 e. The number of halogens is 2. The topological polar surface area (TPSA) is 59.0 Å². The zero-order chi connectivity index (χ0) is 10.1. The summed E-state index contributed by atoms with van der Waals surface area (Å²) < 4.78 is 6.38. The number of nitriles is 1. The molecule has 3 nitrogen and oxygen atoms in total. The molecule has 0 saturated carbocycles. The minimum Gasteiger partial charge on any atom is -0.492 e. The molecule has 2 rings (SSSR count). The van der Waals surface area contributed by atoms with Crippen molar-refractivity contribution in [2.45, 2.75) is 12.5 Å². The second kappa shape index (κ2) is 4.84. The molecule has 1 aliphatic rings. The summed E-state index contributed by atoms with van der Waals surface area (Å²) in [4.78, 5) is 0. The summed E-state index contributed by atoms with van der Waals surface area (Å²) in [5, 5.41) is 8.88. The number of nitrogens with zero attached hydrogens (tertiary/aromatic N) is 1. The Bertz CT molecular complexity index is 417. The molecule has 5 heteroatoms. The first-order chi connectivity index (χ1) is 6.74. The first kappa shape index (κ1) is 12.3. The third-order valence-electron chi connectivity index (χ3n) is 2.31. The van der Waals surface area contributed by atoms with Crippen molar-refractivity contribution in [1.29, 1.82) is 5.26 Å². The lowest BCUT2D eigenvalue weighted by Crippen LogP contribution is -2.21. The van der Waals surface area contributed by atoms with Crippen LogP contribution in [0.15, 0.2) is 16.6 Å². The molecule has 0 aliphatic carbocycles. The average molecular weight is 290 g/mol. The van der Waals surface area contributed by atoms with E-state index in [4.69, 9.17) is 15.7 Å². The summed E-state index contributed by atoms with van der Waals surface area (Å²) in [6, 6.07) is 5.64. The Hall–Kier alpha value is -0.760. The van der Waals surface area contributed by atoms with Crippen molar-refractivity contribution in [3.05, 3.63) is 27.7 Å². The maximum atomic E-state index is 8.88. The van der Waals surface area contributed by atoms with E-state index in [1.807, 2.05) is 6.07 Å². The third-order valence-corrected chi connectivity index (χ3v) is 3.00. The highest BCUT2D eigenvalue weighted by atomic mass is 79.9. The van der Waals surface area contributed by atoms with Crippen LogP contribution in [0.3, 0.4) is 0 Å². The van der Waals surface area contributed by atoms with Gasteiger partial charge >= 0.3 is 0 Å². The van der Waals surface area contributed by atoms with Crippen LogP contribution in [0.5, 0.6) is 5.75 Å². The largest absolute Gasteiger partial charge is 0.492 e. The summed E-state index contributed by atoms with van der Waals surface area (Å²) in [5.41, 5.74) is 7.42. The van der Waals surface area contributed by atoms with Crippen molar-refractivity contribution in [3.8, 4) is 11.8 Å². The summed E-state index contributed by atoms with van der Waals surface area (Å²) in [7, 11) is 0. The van der Waals surface area contributed by atoms with Crippen LogP contribution in [0.2, 0.25) is 0 Å². The molecule has 80 valence electrons. The fourth-order valence-corrected chi connectivity index (χ4v) is 2.20. The highest BCUT2D eigenvalue weighted by Gasteiger charge is 2.23. The van der Waals surface area contributed by atoms with E-state index >= 15 is 0 Å². The van der Waals surface area contributed by atoms with Gasteiger partial charge in [0.2, 0.25) is 0 Å². The second-order valence-electron chi connectivity index (χ2n) is 3.19. The monoisotopic (exact) mass is 288 g/mol. The molecule has 1 aliphatic heterocycles. The van der Waals surface area contributed by atoms with Gasteiger partial charge in [-0.15, -0.1) is 12.4 Å². The predicted octanol–water partition coefficient (Wildman–Crippen LogP) is 2.52. The van der Waals surface area contributed by atoms with Crippen molar-refractivity contribution in [2.24, 2.45) is 5.73 Å². The minimum atomic E-state index is -0.0403. The van der Waals surface area contributed by atoms with Gasteiger partial charge in [0.15, 0.2) is 0 Å². The van der Waals surface area contributed by atoms with Crippen LogP contribution >= 0.6 is 28.3 Å². The molecule has 1 atom stereocenters. The van der Waals surface area contributed by atoms with E-state index in [1.165, 1.54) is 0 Å². The van der Waals surface area contributed by atoms with Crippen LogP contribution in [0.1, 0.15) is 23.6 Å². The van der Waals surface area contributed by atoms with Crippen LogP contribution in [0.4, 0.5) is 0 Å². The van der Waals surface area contributed by atoms with E-state index in [-0.39, 0.29) is 18.4 Å². The van der Waals surface area contributed by atoms with Gasteiger partial charge in [0.05, 0.1) is 12.2 Å². The summed E-state index contributed by atoms with van der Waals surface area (Å²) in [6.45, 7) is 0.583. The summed E-state index contributed by atoms with van der Waals surface area (Å²) in [5.74, 6) is 0.639. The lowest BCUT2D eigenvalue weighted by molar-refractivity contribution is 0.267. The van der Waals surface area contributed by atoms with E-state index in [0.29, 0.717) is 17.9 Å². The lowest BCUT2D eigenvalue weighted by atomic mass is 9.99. The quantitative estimate of drug-likeness (QED) is 0.798. The van der Waals surface area contributed by atoms with Gasteiger partial charge in [-0.25, -0.2) is 0 Å². The molecule has 15 heavy (non-hydrogen) atoms. The summed E-state index contributed by atoms with van der Waals surface area (Å²) >= 11 is 3.42. The molecule has 2 N–H and O–H groups in total. The first-order valence-electron chi connectivity index (χ1n) is 4.35. The highest BCUT2D eigenvalue weighted by Crippen LogP contribution is 2.38. The second-order valence-corrected chi connectivity index (χ2v) is 4.05. The Morgan fingerprint density at radius 3 is 2.93 bits per heavy atom. The average Bonchev–Trinajstić information content (AvgIpc) is 2.18. The molecule has 0 bridgehead atoms. The van der Waals surface area contributed by atoms with Gasteiger partial charge in [0.25, 0.3) is 0 Å². The Labute approximate surface area is 103 Å². The van der Waals surface area contributed by atoms with Crippen molar-refractivity contribution < 1.29 is 4.74 Å². The molecular weight excluding hydrogens is 279 g/mol. The van der Waals surface area contributed by atoms with Gasteiger partial charge in [-0.05, 0) is 12.1 Å². The van der Waals surface area contributed by atoms with Crippen LogP contribution in [0.25, 0.3) is 0 Å². The summed E-state index contributed by atoms with van der Waals surface area (Å²) in [6.07, 6.45) is 0.792. The number of hydrogen-bond donors (Lipinski definition) is 1. The number of benzene rings is 1. The highest BCUT2D eigenvalue weighted by molar-refractivity contribution is 9.10. The minimum absolute atomic E-state index is 0. The molecule has 0 fully saturated rings. The van der Waals surface area contributed by atoms with Crippen molar-refractivity contribution >= 4 is 28.3 Å². The SMILES string of the molecule is Cl.N#Cc1ccc(Br)c2c1OCC[C@@H]2N. The van der Waals surface area contributed by atoms with E-state index in [9.17, 15) is 0 Å². The van der Waals surface area contributed by atoms with Crippen LogP contribution in [-0.2, 0) is 0 Å². The molecule has 1 aromatic carbocycles. The standard InChI is InChI=1S/C10H9BrN2O.ClH/c11-7-2-1-6(5-12)10-9(7)8(13)3-4-14-10;/h1-2,8H,3-4,13H2;1H/t8-;/m0./s1. The molecule has 0 radical (unpaired) electrons. The van der Waals surface area contributed by atoms with Crippen LogP contribution < -0.4 is 10.5 Å². The van der Waals surface area contributed by atoms with Crippen LogP contribution in [0, 0.1) is 11.3 Å². The van der Waals surface area contributed by atoms with Crippen LogP contribution in [-0.4, -0.2) is 6.61 Å². The molecule has 1 heterocycles. The van der Waals surface area contributed by atoms with Gasteiger partial charge in [0, 0.05) is 22.5 Å². The van der Waals surface area contributed by atoms with E-state index in [1.54, 1.807) is 6.07 Å². The van der Waals surface area contributed by atoms with Gasteiger partial charge in [-0.1, -0.05) is 15.9 Å². The normalized spacial score (nSPS) is 18.1. The van der Waals surface area contributed by atoms with Crippen molar-refractivity contribution in [3.63, 3.8) is 0 Å². The third kappa shape index (κ3) is 2.10. The van der Waals surface area contributed by atoms with E-state index < -0.39 is 0 Å². The zero-order valence-electron chi connectivity index (χ0n) is 7.87. The molecule has 1 aromatic rings. The predicted molar refractivity (Wildman–Crippen MR) is 63.1 cm³/mol. The van der Waals surface area contributed by atoms with Gasteiger partial charge in [-0.3, -0.25) is 0 Å². The fourth-order valence-electron chi connectivity index (χ4n) is 1.60. The van der Waals surface area contributed by atoms with Gasteiger partial charge < -0.3 is 10.5 Å². The fraction of sp³-hybridized carbons (Fsp3) is 0.300. The number of fused-ring (bicyclic) bond motifs is 1. The Kier molecular flexibility index (Phi) is 3.97. The smallest absolute Gasteiger partial charge is 0.142 e. The Morgan fingerprint density at radius 1 is 1.53 bits per heavy atom. The van der Waals surface area contributed by atoms with Crippen molar-refractivity contribution in [2.75, 3.05) is 6.61 Å². The molecule has 0 aromatic heterocycles. The van der Waals surface area contributed by atoms with Gasteiger partial charge in [-0.2, -0.15) is 5.26 Å².